The zero-order chi connectivity index (χ0) is 26.3. The number of hydrogen-bond acceptors (Lipinski definition) is 7. The number of fused-ring (bicyclic) bond motifs is 1. The van der Waals surface area contributed by atoms with Gasteiger partial charge in [0.05, 0.1) is 18.2 Å². The highest BCUT2D eigenvalue weighted by atomic mass is 16.6. The molecular weight excluding hydrogens is 444 g/mol. The molecule has 35 heavy (non-hydrogen) atoms. The molecular formula is C28H48N2O5. The lowest BCUT2D eigenvalue weighted by molar-refractivity contribution is -0.249. The van der Waals surface area contributed by atoms with Crippen molar-refractivity contribution in [1.82, 2.24) is 10.6 Å². The van der Waals surface area contributed by atoms with E-state index in [4.69, 9.17) is 4.74 Å². The quantitative estimate of drug-likeness (QED) is 0.244. The molecule has 7 heteroatoms. The molecule has 0 saturated heterocycles. The van der Waals surface area contributed by atoms with Crippen LogP contribution < -0.4 is 10.6 Å². The third-order valence-electron chi connectivity index (χ3n) is 9.13. The van der Waals surface area contributed by atoms with Gasteiger partial charge in [-0.2, -0.15) is 0 Å². The van der Waals surface area contributed by atoms with Crippen LogP contribution in [0.15, 0.2) is 12.3 Å². The van der Waals surface area contributed by atoms with Gasteiger partial charge in [0.1, 0.15) is 0 Å². The Hall–Kier alpha value is -1.28. The molecule has 0 spiro atoms. The molecule has 4 N–H and O–H groups in total. The van der Waals surface area contributed by atoms with Crippen molar-refractivity contribution in [3.05, 3.63) is 12.3 Å². The smallest absolute Gasteiger partial charge is 0.222 e. The first-order valence-electron chi connectivity index (χ1n) is 13.5. The summed E-state index contributed by atoms with van der Waals surface area (Å²) in [5, 5.41) is 29.8. The molecule has 0 radical (unpaired) electrons. The molecule has 0 heterocycles. The number of hydrogen-bond donors (Lipinski definition) is 4. The van der Waals surface area contributed by atoms with E-state index in [9.17, 15) is 19.8 Å². The molecule has 0 aliphatic heterocycles. The molecule has 3 aliphatic rings. The number of aliphatic hydroxyl groups is 2. The van der Waals surface area contributed by atoms with Crippen LogP contribution >= 0.6 is 0 Å². The van der Waals surface area contributed by atoms with Crippen LogP contribution in [0.5, 0.6) is 0 Å². The zero-order valence-electron chi connectivity index (χ0n) is 22.8. The van der Waals surface area contributed by atoms with Crippen LogP contribution in [0.1, 0.15) is 87.0 Å². The maximum absolute atomic E-state index is 12.3. The first-order chi connectivity index (χ1) is 16.1. The Labute approximate surface area is 211 Å². The Morgan fingerprint density at radius 1 is 1.14 bits per heavy atom. The lowest BCUT2D eigenvalue weighted by Crippen LogP contribution is -2.65. The van der Waals surface area contributed by atoms with Gasteiger partial charge in [0, 0.05) is 31.5 Å². The molecule has 3 fully saturated rings. The number of ketones is 2. The number of carbonyl (C=O) groups excluding carboxylic acids is 2. The van der Waals surface area contributed by atoms with E-state index >= 15 is 0 Å². The summed E-state index contributed by atoms with van der Waals surface area (Å²) in [6, 6.07) is -0.365. The van der Waals surface area contributed by atoms with Gasteiger partial charge in [-0.1, -0.05) is 39.7 Å². The first kappa shape index (κ1) is 28.3. The van der Waals surface area contributed by atoms with E-state index in [0.29, 0.717) is 11.8 Å². The average molecular weight is 493 g/mol. The van der Waals surface area contributed by atoms with Crippen molar-refractivity contribution < 1.29 is 24.5 Å². The molecule has 0 aromatic rings. The Bertz CT molecular complexity index is 812. The Morgan fingerprint density at radius 3 is 2.29 bits per heavy atom. The maximum Gasteiger partial charge on any atom is 0.222 e. The Kier molecular flexibility index (Phi) is 8.27. The molecule has 200 valence electrons. The van der Waals surface area contributed by atoms with E-state index in [1.165, 1.54) is 13.3 Å². The van der Waals surface area contributed by atoms with Gasteiger partial charge in [-0.3, -0.25) is 14.9 Å². The van der Waals surface area contributed by atoms with Gasteiger partial charge >= 0.3 is 0 Å². The molecule has 7 atom stereocenters. The van der Waals surface area contributed by atoms with Crippen molar-refractivity contribution >= 4 is 11.6 Å². The van der Waals surface area contributed by atoms with Crippen molar-refractivity contribution in [3.8, 4) is 0 Å². The fourth-order valence-corrected chi connectivity index (χ4v) is 7.34. The number of nitrogens with one attached hydrogen (secondary N) is 2. The highest BCUT2D eigenvalue weighted by Crippen LogP contribution is 2.73. The molecule has 0 amide bonds. The summed E-state index contributed by atoms with van der Waals surface area (Å²) in [6.45, 7) is 17.3. The van der Waals surface area contributed by atoms with Gasteiger partial charge in [0.2, 0.25) is 11.7 Å². The average Bonchev–Trinajstić information content (AvgIpc) is 3.09. The highest BCUT2D eigenvalue weighted by Gasteiger charge is 2.70. The highest BCUT2D eigenvalue weighted by molar-refractivity contribution is 6.37. The van der Waals surface area contributed by atoms with Crippen LogP contribution in [0, 0.1) is 35.0 Å². The predicted molar refractivity (Wildman–Crippen MR) is 136 cm³/mol. The number of ether oxygens (including phenoxy) is 1. The predicted octanol–water partition coefficient (Wildman–Crippen LogP) is 3.54. The third kappa shape index (κ3) is 6.00. The molecule has 0 bridgehead atoms. The van der Waals surface area contributed by atoms with E-state index in [1.54, 1.807) is 6.92 Å². The zero-order valence-corrected chi connectivity index (χ0v) is 22.8. The lowest BCUT2D eigenvalue weighted by atomic mass is 9.66. The minimum Gasteiger partial charge on any atom is -0.388 e. The molecule has 7 nitrogen and oxygen atoms in total. The van der Waals surface area contributed by atoms with Crippen molar-refractivity contribution in [2.45, 2.75) is 111 Å². The fourth-order valence-electron chi connectivity index (χ4n) is 7.34. The largest absolute Gasteiger partial charge is 0.388 e. The van der Waals surface area contributed by atoms with Crippen LogP contribution in [0.2, 0.25) is 0 Å². The van der Waals surface area contributed by atoms with Crippen molar-refractivity contribution in [2.24, 2.45) is 35.0 Å². The van der Waals surface area contributed by atoms with Gasteiger partial charge in [0.25, 0.3) is 0 Å². The van der Waals surface area contributed by atoms with Crippen LogP contribution in [0.3, 0.4) is 0 Å². The monoisotopic (exact) mass is 492 g/mol. The van der Waals surface area contributed by atoms with E-state index in [0.717, 1.165) is 37.8 Å². The van der Waals surface area contributed by atoms with Gasteiger partial charge < -0.3 is 20.3 Å². The van der Waals surface area contributed by atoms with E-state index in [-0.39, 0.29) is 41.9 Å². The van der Waals surface area contributed by atoms with Crippen LogP contribution in [-0.4, -0.2) is 52.0 Å². The number of Topliss-reactive ketones (excluding diaryl/α,β-unsaturated/α-hetero) is 2. The number of allylic oxidation sites excluding steroid dienone is 1. The van der Waals surface area contributed by atoms with Crippen LogP contribution in [-0.2, 0) is 14.3 Å². The van der Waals surface area contributed by atoms with E-state index in [1.807, 2.05) is 20.8 Å². The standard InChI is InChI=1S/C28H48N2O5/c1-16(2)35-28(8,34)30-25(19-12-10-9-11-13-19)27(7,33)20-14-21-24(26(21,5)6)23(20)17(3)29-15-22(32)18(4)31/h16,19-21,23-25,29-30,33-34H,3,9-15H2,1-2,4-8H3. The Morgan fingerprint density at radius 2 is 1.74 bits per heavy atom. The van der Waals surface area contributed by atoms with Gasteiger partial charge in [0.15, 0.2) is 5.78 Å². The van der Waals surface area contributed by atoms with Crippen molar-refractivity contribution in [3.63, 3.8) is 0 Å². The topological polar surface area (TPSA) is 108 Å². The van der Waals surface area contributed by atoms with Gasteiger partial charge in [-0.05, 0) is 69.1 Å². The van der Waals surface area contributed by atoms with Crippen LogP contribution in [0.25, 0.3) is 0 Å². The van der Waals surface area contributed by atoms with Crippen LogP contribution in [0.4, 0.5) is 0 Å². The van der Waals surface area contributed by atoms with E-state index < -0.39 is 23.1 Å². The molecule has 3 saturated carbocycles. The second-order valence-corrected chi connectivity index (χ2v) is 12.6. The maximum atomic E-state index is 12.3. The molecule has 0 aromatic heterocycles. The Balaban J connectivity index is 1.88. The lowest BCUT2D eigenvalue weighted by Gasteiger charge is -2.49. The van der Waals surface area contributed by atoms with Crippen molar-refractivity contribution in [2.75, 3.05) is 6.54 Å². The summed E-state index contributed by atoms with van der Waals surface area (Å²) in [5.41, 5.74) is -0.280. The third-order valence-corrected chi connectivity index (χ3v) is 9.13. The van der Waals surface area contributed by atoms with Gasteiger partial charge in [-0.25, -0.2) is 0 Å². The molecule has 3 rings (SSSR count). The van der Waals surface area contributed by atoms with E-state index in [2.05, 4.69) is 31.1 Å². The molecule has 0 aromatic carbocycles. The summed E-state index contributed by atoms with van der Waals surface area (Å²) in [7, 11) is 0. The van der Waals surface area contributed by atoms with Gasteiger partial charge in [-0.15, -0.1) is 0 Å². The van der Waals surface area contributed by atoms with Crippen molar-refractivity contribution in [1.29, 1.82) is 0 Å². The normalized spacial score (nSPS) is 32.3. The fraction of sp³-hybridized carbons (Fsp3) is 0.857. The second kappa shape index (κ2) is 10.2. The summed E-state index contributed by atoms with van der Waals surface area (Å²) in [4.78, 5) is 23.4. The minimum atomic E-state index is -1.57. The minimum absolute atomic E-state index is 0.0337. The first-order valence-corrected chi connectivity index (χ1v) is 13.5. The molecule has 7 unspecified atom stereocenters. The summed E-state index contributed by atoms with van der Waals surface area (Å²) >= 11 is 0. The SMILES string of the molecule is C=C(NCC(=O)C(C)=O)C1C2C(CC1C(C)(O)C(NC(C)(O)OC(C)C)C1CCCCC1)C2(C)C. The summed E-state index contributed by atoms with van der Waals surface area (Å²) < 4.78 is 5.78. The number of rotatable bonds is 12. The molecule has 3 aliphatic carbocycles. The summed E-state index contributed by atoms with van der Waals surface area (Å²) in [5.74, 6) is -1.62. The summed E-state index contributed by atoms with van der Waals surface area (Å²) in [6.07, 6.45) is 6.08. The number of carbonyl (C=O) groups is 2. The second-order valence-electron chi connectivity index (χ2n) is 12.6.